The third kappa shape index (κ3) is 7.69. The van der Waals surface area contributed by atoms with E-state index in [9.17, 15) is 21.6 Å². The maximum absolute atomic E-state index is 12.6. The van der Waals surface area contributed by atoms with Gasteiger partial charge in [0.2, 0.25) is 26.0 Å². The third-order valence-electron chi connectivity index (χ3n) is 5.36. The van der Waals surface area contributed by atoms with Crippen molar-refractivity contribution in [2.45, 2.75) is 24.7 Å². The highest BCUT2D eigenvalue weighted by molar-refractivity contribution is 7.92. The van der Waals surface area contributed by atoms with E-state index in [1.54, 1.807) is 59.5 Å². The molecule has 0 aromatic heterocycles. The summed E-state index contributed by atoms with van der Waals surface area (Å²) in [7, 11) is -6.92. The molecular formula is C23H29N3O5S2. The average Bonchev–Trinajstić information content (AvgIpc) is 2.76. The average molecular weight is 492 g/mol. The van der Waals surface area contributed by atoms with Gasteiger partial charge in [-0.3, -0.25) is 9.52 Å². The normalized spacial score (nSPS) is 17.3. The topological polar surface area (TPSA) is 113 Å². The highest BCUT2D eigenvalue weighted by atomic mass is 32.2. The number of nitrogens with one attached hydrogen (secondary N) is 2. The fourth-order valence-corrected chi connectivity index (χ4v) is 5.29. The fourth-order valence-electron chi connectivity index (χ4n) is 3.61. The van der Waals surface area contributed by atoms with Gasteiger partial charge in [-0.05, 0) is 61.6 Å². The van der Waals surface area contributed by atoms with Crippen molar-refractivity contribution in [2.75, 3.05) is 30.6 Å². The first-order chi connectivity index (χ1) is 15.5. The highest BCUT2D eigenvalue weighted by Crippen LogP contribution is 2.18. The Balaban J connectivity index is 1.54. The standard InChI is InChI=1S/C23H29N3O5S2/c1-18-5-12-22(13-6-18)33(30,31)24-16-20-4-3-15-26(17-20)23(27)14-9-19-7-10-21(11-8-19)25-32(2,28)29/h5-14,20,24-25H,3-4,15-17H2,1-2H3/b14-9-/t20-/m1/s1. The van der Waals surface area contributed by atoms with Crippen LogP contribution >= 0.6 is 0 Å². The van der Waals surface area contributed by atoms with Crippen molar-refractivity contribution in [1.29, 1.82) is 0 Å². The smallest absolute Gasteiger partial charge is 0.246 e. The van der Waals surface area contributed by atoms with Crippen LogP contribution in [0.1, 0.15) is 24.0 Å². The monoisotopic (exact) mass is 491 g/mol. The van der Waals surface area contributed by atoms with E-state index in [4.69, 9.17) is 0 Å². The maximum atomic E-state index is 12.6. The second kappa shape index (κ2) is 10.5. The largest absolute Gasteiger partial charge is 0.339 e. The fraction of sp³-hybridized carbons (Fsp3) is 0.348. The van der Waals surface area contributed by atoms with Gasteiger partial charge < -0.3 is 4.90 Å². The molecule has 1 heterocycles. The lowest BCUT2D eigenvalue weighted by Gasteiger charge is -2.32. The van der Waals surface area contributed by atoms with Crippen molar-refractivity contribution in [3.05, 3.63) is 65.7 Å². The Bertz CT molecular complexity index is 1210. The number of rotatable bonds is 8. The van der Waals surface area contributed by atoms with Gasteiger partial charge in [0.15, 0.2) is 0 Å². The molecule has 0 unspecified atom stereocenters. The van der Waals surface area contributed by atoms with Crippen molar-refractivity contribution >= 4 is 37.7 Å². The van der Waals surface area contributed by atoms with Crippen LogP contribution in [-0.2, 0) is 24.8 Å². The van der Waals surface area contributed by atoms with Gasteiger partial charge in [-0.2, -0.15) is 0 Å². The summed E-state index contributed by atoms with van der Waals surface area (Å²) < 4.78 is 52.7. The summed E-state index contributed by atoms with van der Waals surface area (Å²) >= 11 is 0. The molecule has 1 saturated heterocycles. The van der Waals surface area contributed by atoms with Crippen molar-refractivity contribution in [3.8, 4) is 0 Å². The van der Waals surface area contributed by atoms with Gasteiger partial charge in [0.25, 0.3) is 0 Å². The van der Waals surface area contributed by atoms with E-state index in [2.05, 4.69) is 9.44 Å². The van der Waals surface area contributed by atoms with Crippen LogP contribution in [0.2, 0.25) is 0 Å². The number of hydrogen-bond donors (Lipinski definition) is 2. The van der Waals surface area contributed by atoms with Crippen LogP contribution in [0.3, 0.4) is 0 Å². The molecule has 3 rings (SSSR count). The number of benzene rings is 2. The van der Waals surface area contributed by atoms with Gasteiger partial charge in [0.05, 0.1) is 11.2 Å². The van der Waals surface area contributed by atoms with Crippen molar-refractivity contribution < 1.29 is 21.6 Å². The van der Waals surface area contributed by atoms with Crippen LogP contribution in [0.15, 0.2) is 59.5 Å². The van der Waals surface area contributed by atoms with E-state index in [1.807, 2.05) is 6.92 Å². The first-order valence-corrected chi connectivity index (χ1v) is 14.0. The number of nitrogens with zero attached hydrogens (tertiary/aromatic N) is 1. The summed E-state index contributed by atoms with van der Waals surface area (Å²) in [6, 6.07) is 13.4. The van der Waals surface area contributed by atoms with Gasteiger partial charge in [0, 0.05) is 31.4 Å². The van der Waals surface area contributed by atoms with Crippen LogP contribution < -0.4 is 9.44 Å². The lowest BCUT2D eigenvalue weighted by Crippen LogP contribution is -2.43. The van der Waals surface area contributed by atoms with Gasteiger partial charge in [-0.1, -0.05) is 29.8 Å². The number of amides is 1. The Labute approximate surface area is 195 Å². The van der Waals surface area contributed by atoms with Crippen molar-refractivity contribution in [2.24, 2.45) is 5.92 Å². The van der Waals surface area contributed by atoms with Gasteiger partial charge in [-0.15, -0.1) is 0 Å². The molecule has 33 heavy (non-hydrogen) atoms. The minimum absolute atomic E-state index is 0.0395. The van der Waals surface area contributed by atoms with Crippen LogP contribution in [-0.4, -0.2) is 53.5 Å². The SMILES string of the molecule is Cc1ccc(S(=O)(=O)NC[C@H]2CCCN(C(=O)/C=C\c3ccc(NS(C)(=O)=O)cc3)C2)cc1. The molecule has 2 aromatic carbocycles. The molecule has 2 aromatic rings. The Hall–Kier alpha value is -2.69. The number of piperidine rings is 1. The summed E-state index contributed by atoms with van der Waals surface area (Å²) in [5, 5.41) is 0. The quantitative estimate of drug-likeness (QED) is 0.551. The summed E-state index contributed by atoms with van der Waals surface area (Å²) in [5.41, 5.74) is 2.21. The van der Waals surface area contributed by atoms with E-state index in [0.29, 0.717) is 18.8 Å². The Morgan fingerprint density at radius 3 is 2.36 bits per heavy atom. The van der Waals surface area contributed by atoms with Crippen LogP contribution in [0.5, 0.6) is 0 Å². The molecule has 8 nitrogen and oxygen atoms in total. The highest BCUT2D eigenvalue weighted by Gasteiger charge is 2.24. The number of likely N-dealkylation sites (tertiary alicyclic amines) is 1. The molecule has 1 atom stereocenters. The molecule has 10 heteroatoms. The van der Waals surface area contributed by atoms with Crippen LogP contribution in [0.25, 0.3) is 6.08 Å². The van der Waals surface area contributed by atoms with E-state index in [0.717, 1.165) is 30.2 Å². The summed E-state index contributed by atoms with van der Waals surface area (Å²) in [4.78, 5) is 14.6. The lowest BCUT2D eigenvalue weighted by molar-refractivity contribution is -0.127. The van der Waals surface area contributed by atoms with Gasteiger partial charge >= 0.3 is 0 Å². The predicted molar refractivity (Wildman–Crippen MR) is 130 cm³/mol. The molecule has 0 spiro atoms. The van der Waals surface area contributed by atoms with Crippen molar-refractivity contribution in [1.82, 2.24) is 9.62 Å². The van der Waals surface area contributed by atoms with Crippen LogP contribution in [0.4, 0.5) is 5.69 Å². The number of anilines is 1. The molecule has 2 N–H and O–H groups in total. The zero-order valence-electron chi connectivity index (χ0n) is 18.7. The zero-order valence-corrected chi connectivity index (χ0v) is 20.3. The number of carbonyl (C=O) groups is 1. The number of hydrogen-bond acceptors (Lipinski definition) is 5. The van der Waals surface area contributed by atoms with Gasteiger partial charge in [-0.25, -0.2) is 21.6 Å². The number of sulfonamides is 2. The molecule has 0 saturated carbocycles. The number of carbonyl (C=O) groups excluding carboxylic acids is 1. The predicted octanol–water partition coefficient (Wildman–Crippen LogP) is 2.60. The summed E-state index contributed by atoms with van der Waals surface area (Å²) in [6.45, 7) is 3.29. The van der Waals surface area contributed by atoms with E-state index >= 15 is 0 Å². The second-order valence-electron chi connectivity index (χ2n) is 8.29. The molecule has 0 bridgehead atoms. The van der Waals surface area contributed by atoms with Crippen molar-refractivity contribution in [3.63, 3.8) is 0 Å². The molecule has 1 fully saturated rings. The Morgan fingerprint density at radius 2 is 1.73 bits per heavy atom. The lowest BCUT2D eigenvalue weighted by atomic mass is 9.98. The van der Waals surface area contributed by atoms with E-state index in [1.165, 1.54) is 6.08 Å². The molecule has 0 aliphatic carbocycles. The minimum atomic E-state index is -3.59. The Morgan fingerprint density at radius 1 is 1.06 bits per heavy atom. The van der Waals surface area contributed by atoms with E-state index < -0.39 is 20.0 Å². The molecular weight excluding hydrogens is 462 g/mol. The number of aryl methyl sites for hydroxylation is 1. The summed E-state index contributed by atoms with van der Waals surface area (Å²) in [5.74, 6) is -0.0999. The third-order valence-corrected chi connectivity index (χ3v) is 7.40. The second-order valence-corrected chi connectivity index (χ2v) is 11.8. The minimum Gasteiger partial charge on any atom is -0.339 e. The molecule has 1 aliphatic heterocycles. The van der Waals surface area contributed by atoms with E-state index in [-0.39, 0.29) is 23.3 Å². The molecule has 178 valence electrons. The summed E-state index contributed by atoms with van der Waals surface area (Å²) in [6.07, 6.45) is 5.90. The van der Waals surface area contributed by atoms with Crippen LogP contribution in [0, 0.1) is 12.8 Å². The van der Waals surface area contributed by atoms with Gasteiger partial charge in [0.1, 0.15) is 0 Å². The molecule has 1 aliphatic rings. The first-order valence-electron chi connectivity index (χ1n) is 10.6. The maximum Gasteiger partial charge on any atom is 0.246 e. The first kappa shape index (κ1) is 24.9. The zero-order chi connectivity index (χ0) is 24.1. The molecule has 0 radical (unpaired) electrons. The molecule has 1 amide bonds. The Kier molecular flexibility index (Phi) is 7.93.